The minimum atomic E-state index is 0.736. The zero-order valence-electron chi connectivity index (χ0n) is 28.2. The summed E-state index contributed by atoms with van der Waals surface area (Å²) in [5.41, 5.74) is 12.3. The summed E-state index contributed by atoms with van der Waals surface area (Å²) in [5, 5.41) is 5.05. The summed E-state index contributed by atoms with van der Waals surface area (Å²) >= 11 is 0. The molecule has 8 aromatic carbocycles. The van der Waals surface area contributed by atoms with Crippen molar-refractivity contribution in [3.63, 3.8) is 0 Å². The number of hydrogen-bond acceptors (Lipinski definition) is 1. The smallest absolute Gasteiger partial charge is 0.0462 e. The molecule has 0 saturated heterocycles. The van der Waals surface area contributed by atoms with Crippen molar-refractivity contribution in [2.24, 2.45) is 0 Å². The van der Waals surface area contributed by atoms with Crippen molar-refractivity contribution in [3.05, 3.63) is 188 Å². The average Bonchev–Trinajstić information content (AvgIpc) is 3.74. The number of nitrogens with zero attached hydrogens (tertiary/aromatic N) is 1. The molecule has 0 heterocycles. The van der Waals surface area contributed by atoms with Crippen molar-refractivity contribution in [1.82, 2.24) is 0 Å². The zero-order valence-corrected chi connectivity index (χ0v) is 28.2. The fraction of sp³-hybridized carbons (Fsp3) is 0.102. The lowest BCUT2D eigenvalue weighted by Crippen LogP contribution is -2.09. The van der Waals surface area contributed by atoms with E-state index in [9.17, 15) is 0 Å². The molecule has 0 atom stereocenters. The van der Waals surface area contributed by atoms with Gasteiger partial charge in [-0.2, -0.15) is 0 Å². The van der Waals surface area contributed by atoms with Crippen molar-refractivity contribution in [3.8, 4) is 33.4 Å². The van der Waals surface area contributed by atoms with Crippen LogP contribution < -0.4 is 4.90 Å². The van der Waals surface area contributed by atoms with Crippen LogP contribution >= 0.6 is 0 Å². The molecule has 1 aliphatic carbocycles. The van der Waals surface area contributed by atoms with Crippen LogP contribution in [0.3, 0.4) is 0 Å². The summed E-state index contributed by atoms with van der Waals surface area (Å²) in [4.78, 5) is 2.36. The predicted molar refractivity (Wildman–Crippen MR) is 214 cm³/mol. The van der Waals surface area contributed by atoms with Gasteiger partial charge in [0, 0.05) is 17.1 Å². The molecule has 8 aromatic rings. The fourth-order valence-corrected chi connectivity index (χ4v) is 7.80. The molecule has 1 aliphatic rings. The van der Waals surface area contributed by atoms with Crippen LogP contribution in [0, 0.1) is 0 Å². The number of anilines is 3. The first-order valence-corrected chi connectivity index (χ1v) is 17.9. The molecule has 1 nitrogen and oxygen atoms in total. The highest BCUT2D eigenvalue weighted by Crippen LogP contribution is 2.39. The third-order valence-electron chi connectivity index (χ3n) is 10.6. The van der Waals surface area contributed by atoms with E-state index in [1.54, 1.807) is 0 Å². The van der Waals surface area contributed by atoms with Gasteiger partial charge in [0.25, 0.3) is 0 Å². The Morgan fingerprint density at radius 2 is 0.660 bits per heavy atom. The molecule has 9 rings (SSSR count). The largest absolute Gasteiger partial charge is 0.311 e. The van der Waals surface area contributed by atoms with E-state index in [4.69, 9.17) is 0 Å². The highest BCUT2D eigenvalue weighted by Gasteiger charge is 2.17. The van der Waals surface area contributed by atoms with Crippen LogP contribution in [0.25, 0.3) is 54.9 Å². The van der Waals surface area contributed by atoms with Gasteiger partial charge in [-0.1, -0.05) is 146 Å². The van der Waals surface area contributed by atoms with Gasteiger partial charge in [-0.25, -0.2) is 0 Å². The molecule has 0 bridgehead atoms. The maximum absolute atomic E-state index is 2.36. The average molecular weight is 642 g/mol. The standard InChI is InChI=1S/C49H39N/c1-2-8-35(7-1)38-13-15-39(16-14-38)40-21-27-47(28-22-40)50(48-29-23-41(24-30-48)45-19-17-36-9-3-5-11-43(36)33-45)49-31-25-42(26-32-49)46-20-18-37-10-4-6-12-44(37)34-46/h3-6,9-35H,1-2,7-8H2. The van der Waals surface area contributed by atoms with Gasteiger partial charge in [-0.05, 0) is 128 Å². The monoisotopic (exact) mass is 641 g/mol. The van der Waals surface area contributed by atoms with Crippen LogP contribution in [0.5, 0.6) is 0 Å². The first-order chi connectivity index (χ1) is 24.7. The van der Waals surface area contributed by atoms with E-state index in [-0.39, 0.29) is 0 Å². The van der Waals surface area contributed by atoms with Gasteiger partial charge in [0.05, 0.1) is 0 Å². The van der Waals surface area contributed by atoms with Gasteiger partial charge < -0.3 is 4.90 Å². The Labute approximate surface area is 295 Å². The number of rotatable bonds is 7. The second kappa shape index (κ2) is 13.2. The van der Waals surface area contributed by atoms with Crippen molar-refractivity contribution < 1.29 is 0 Å². The molecular formula is C49H39N. The maximum atomic E-state index is 2.36. The Morgan fingerprint density at radius 1 is 0.320 bits per heavy atom. The van der Waals surface area contributed by atoms with Gasteiger partial charge >= 0.3 is 0 Å². The minimum Gasteiger partial charge on any atom is -0.311 e. The van der Waals surface area contributed by atoms with Crippen molar-refractivity contribution in [2.75, 3.05) is 4.90 Å². The van der Waals surface area contributed by atoms with Crippen molar-refractivity contribution >= 4 is 38.6 Å². The molecule has 1 heteroatoms. The molecule has 240 valence electrons. The fourth-order valence-electron chi connectivity index (χ4n) is 7.80. The lowest BCUT2D eigenvalue weighted by Gasteiger charge is -2.26. The molecule has 50 heavy (non-hydrogen) atoms. The van der Waals surface area contributed by atoms with Crippen molar-refractivity contribution in [2.45, 2.75) is 31.6 Å². The molecule has 0 aromatic heterocycles. The highest BCUT2D eigenvalue weighted by molar-refractivity contribution is 5.89. The Morgan fingerprint density at radius 3 is 1.08 bits per heavy atom. The van der Waals surface area contributed by atoms with Gasteiger partial charge in [0.15, 0.2) is 0 Å². The summed E-state index contributed by atoms with van der Waals surface area (Å²) in [7, 11) is 0. The Bertz CT molecular complexity index is 2270. The lowest BCUT2D eigenvalue weighted by atomic mass is 9.95. The predicted octanol–water partition coefficient (Wildman–Crippen LogP) is 14.1. The molecule has 0 unspecified atom stereocenters. The third kappa shape index (κ3) is 5.97. The Hall–Kier alpha value is -5.92. The van der Waals surface area contributed by atoms with Crippen LogP contribution in [0.1, 0.15) is 37.2 Å². The molecule has 0 spiro atoms. The van der Waals surface area contributed by atoms with E-state index in [1.807, 2.05) is 0 Å². The van der Waals surface area contributed by atoms with Crippen LogP contribution in [0.15, 0.2) is 182 Å². The second-order valence-corrected chi connectivity index (χ2v) is 13.7. The SMILES string of the molecule is c1ccc2cc(-c3ccc(N(c4ccc(-c5ccc(C6CCCC6)cc5)cc4)c4ccc(-c5ccc6ccccc6c5)cc4)cc3)ccc2c1. The second-order valence-electron chi connectivity index (χ2n) is 13.7. The molecule has 0 amide bonds. The van der Waals surface area contributed by atoms with Gasteiger partial charge in [-0.15, -0.1) is 0 Å². The summed E-state index contributed by atoms with van der Waals surface area (Å²) in [5.74, 6) is 0.736. The quantitative estimate of drug-likeness (QED) is 0.167. The minimum absolute atomic E-state index is 0.736. The van der Waals surface area contributed by atoms with Crippen molar-refractivity contribution in [1.29, 1.82) is 0 Å². The van der Waals surface area contributed by atoms with E-state index in [1.165, 1.54) is 86.2 Å². The molecule has 1 fully saturated rings. The first-order valence-electron chi connectivity index (χ1n) is 17.9. The Balaban J connectivity index is 1.05. The normalized spacial score (nSPS) is 13.2. The van der Waals surface area contributed by atoms with Gasteiger partial charge in [0.1, 0.15) is 0 Å². The van der Waals surface area contributed by atoms with E-state index < -0.39 is 0 Å². The van der Waals surface area contributed by atoms with Crippen LogP contribution in [-0.2, 0) is 0 Å². The Kier molecular flexibility index (Phi) is 7.95. The molecule has 0 N–H and O–H groups in total. The number of fused-ring (bicyclic) bond motifs is 2. The summed E-state index contributed by atoms with van der Waals surface area (Å²) < 4.78 is 0. The van der Waals surface area contributed by atoms with E-state index in [0.29, 0.717) is 0 Å². The third-order valence-corrected chi connectivity index (χ3v) is 10.6. The first kappa shape index (κ1) is 30.2. The van der Waals surface area contributed by atoms with Crippen LogP contribution in [0.4, 0.5) is 17.1 Å². The summed E-state index contributed by atoms with van der Waals surface area (Å²) in [6.07, 6.45) is 5.39. The molecule has 0 aliphatic heterocycles. The van der Waals surface area contributed by atoms with Gasteiger partial charge in [0.2, 0.25) is 0 Å². The highest BCUT2D eigenvalue weighted by atomic mass is 15.1. The summed E-state index contributed by atoms with van der Waals surface area (Å²) in [6, 6.07) is 66.9. The van der Waals surface area contributed by atoms with Crippen LogP contribution in [0.2, 0.25) is 0 Å². The summed E-state index contributed by atoms with van der Waals surface area (Å²) in [6.45, 7) is 0. The van der Waals surface area contributed by atoms with Gasteiger partial charge in [-0.3, -0.25) is 0 Å². The lowest BCUT2D eigenvalue weighted by molar-refractivity contribution is 0.723. The van der Waals surface area contributed by atoms with Crippen LogP contribution in [-0.4, -0.2) is 0 Å². The van der Waals surface area contributed by atoms with E-state index in [0.717, 1.165) is 23.0 Å². The molecule has 0 radical (unpaired) electrons. The molecule has 1 saturated carbocycles. The maximum Gasteiger partial charge on any atom is 0.0462 e. The topological polar surface area (TPSA) is 3.24 Å². The molecular weight excluding hydrogens is 603 g/mol. The van der Waals surface area contributed by atoms with E-state index >= 15 is 0 Å². The zero-order chi connectivity index (χ0) is 33.3. The number of benzene rings is 8. The number of hydrogen-bond donors (Lipinski definition) is 0. The van der Waals surface area contributed by atoms with E-state index in [2.05, 4.69) is 187 Å².